The second-order valence-corrected chi connectivity index (χ2v) is 7.87. The average molecular weight is 340 g/mol. The van der Waals surface area contributed by atoms with E-state index < -0.39 is 0 Å². The first-order chi connectivity index (χ1) is 12.2. The molecular formula is C19H24N4O2. The minimum Gasteiger partial charge on any atom is -0.377 e. The molecule has 2 aromatic heterocycles. The van der Waals surface area contributed by atoms with E-state index in [1.54, 1.807) is 16.9 Å². The molecule has 0 aromatic carbocycles. The van der Waals surface area contributed by atoms with Crippen LogP contribution in [0, 0.1) is 24.7 Å². The zero-order chi connectivity index (χ0) is 17.0. The molecule has 0 radical (unpaired) electrons. The van der Waals surface area contributed by atoms with Gasteiger partial charge in [0.2, 0.25) is 0 Å². The molecule has 3 fully saturated rings. The minimum absolute atomic E-state index is 0.0512. The Balaban J connectivity index is 1.38. The fourth-order valence-corrected chi connectivity index (χ4v) is 5.22. The molecule has 0 spiro atoms. The van der Waals surface area contributed by atoms with Crippen molar-refractivity contribution in [2.45, 2.75) is 51.2 Å². The fourth-order valence-electron chi connectivity index (χ4n) is 5.22. The highest BCUT2D eigenvalue weighted by Gasteiger charge is 2.57. The van der Waals surface area contributed by atoms with Crippen LogP contribution in [-0.2, 0) is 4.74 Å². The number of aryl methyl sites for hydroxylation is 1. The van der Waals surface area contributed by atoms with Crippen LogP contribution in [0.15, 0.2) is 18.6 Å². The van der Waals surface area contributed by atoms with Crippen molar-refractivity contribution in [3.05, 3.63) is 29.7 Å². The van der Waals surface area contributed by atoms with Gasteiger partial charge in [-0.25, -0.2) is 9.50 Å². The van der Waals surface area contributed by atoms with Gasteiger partial charge in [-0.05, 0) is 24.8 Å². The lowest BCUT2D eigenvalue weighted by Gasteiger charge is -2.50. The second-order valence-electron chi connectivity index (χ2n) is 7.87. The molecule has 1 amide bonds. The number of hydrogen-bond acceptors (Lipinski definition) is 4. The summed E-state index contributed by atoms with van der Waals surface area (Å²) in [5.74, 6) is 1.61. The normalized spacial score (nSPS) is 31.9. The minimum atomic E-state index is -0.0512. The number of aromatic nitrogens is 3. The van der Waals surface area contributed by atoms with E-state index in [1.165, 1.54) is 25.7 Å². The van der Waals surface area contributed by atoms with E-state index in [2.05, 4.69) is 15.4 Å². The van der Waals surface area contributed by atoms with E-state index in [0.717, 1.165) is 18.6 Å². The summed E-state index contributed by atoms with van der Waals surface area (Å²) in [7, 11) is 0. The summed E-state index contributed by atoms with van der Waals surface area (Å²) in [6, 6.07) is 0.239. The summed E-state index contributed by atoms with van der Waals surface area (Å²) in [5, 5.41) is 7.59. The molecule has 1 aliphatic heterocycles. The van der Waals surface area contributed by atoms with Gasteiger partial charge in [0.25, 0.3) is 5.91 Å². The zero-order valence-electron chi connectivity index (χ0n) is 14.5. The maximum absolute atomic E-state index is 12.9. The van der Waals surface area contributed by atoms with E-state index >= 15 is 0 Å². The fraction of sp³-hybridized carbons (Fsp3) is 0.632. The van der Waals surface area contributed by atoms with Crippen LogP contribution in [0.3, 0.4) is 0 Å². The van der Waals surface area contributed by atoms with Gasteiger partial charge in [-0.15, -0.1) is 0 Å². The summed E-state index contributed by atoms with van der Waals surface area (Å²) in [6.45, 7) is 2.80. The van der Waals surface area contributed by atoms with Crippen LogP contribution in [0.4, 0.5) is 0 Å². The van der Waals surface area contributed by atoms with Crippen LogP contribution in [0.25, 0.3) is 5.65 Å². The third kappa shape index (κ3) is 2.38. The largest absolute Gasteiger partial charge is 0.377 e. The Kier molecular flexibility index (Phi) is 3.55. The first kappa shape index (κ1) is 15.3. The average Bonchev–Trinajstić information content (AvgIpc) is 3.32. The van der Waals surface area contributed by atoms with Gasteiger partial charge in [0.15, 0.2) is 5.65 Å². The summed E-state index contributed by atoms with van der Waals surface area (Å²) in [5.41, 5.74) is 2.21. The van der Waals surface area contributed by atoms with E-state index in [1.807, 2.05) is 13.1 Å². The molecule has 132 valence electrons. The number of carbonyl (C=O) groups excluding carboxylic acids is 1. The molecule has 2 saturated carbocycles. The molecule has 3 heterocycles. The molecular weight excluding hydrogens is 316 g/mol. The Morgan fingerprint density at radius 1 is 1.28 bits per heavy atom. The van der Waals surface area contributed by atoms with Gasteiger partial charge in [0, 0.05) is 36.9 Å². The highest BCUT2D eigenvalue weighted by atomic mass is 16.5. The first-order valence-corrected chi connectivity index (χ1v) is 9.45. The maximum atomic E-state index is 12.9. The highest BCUT2D eigenvalue weighted by Crippen LogP contribution is 2.51. The summed E-state index contributed by atoms with van der Waals surface area (Å²) in [4.78, 5) is 17.3. The van der Waals surface area contributed by atoms with Crippen molar-refractivity contribution < 1.29 is 9.53 Å². The lowest BCUT2D eigenvalue weighted by Crippen LogP contribution is -2.63. The first-order valence-electron chi connectivity index (χ1n) is 9.45. The number of fused-ring (bicyclic) bond motifs is 2. The van der Waals surface area contributed by atoms with Crippen LogP contribution in [0.5, 0.6) is 0 Å². The molecule has 6 nitrogen and oxygen atoms in total. The van der Waals surface area contributed by atoms with Crippen molar-refractivity contribution in [3.63, 3.8) is 0 Å². The quantitative estimate of drug-likeness (QED) is 0.931. The Hall–Kier alpha value is -1.95. The van der Waals surface area contributed by atoms with Crippen molar-refractivity contribution in [1.82, 2.24) is 19.9 Å². The zero-order valence-corrected chi connectivity index (χ0v) is 14.5. The van der Waals surface area contributed by atoms with Crippen LogP contribution >= 0.6 is 0 Å². The second kappa shape index (κ2) is 5.80. The lowest BCUT2D eigenvalue weighted by molar-refractivity contribution is -0.0784. The predicted octanol–water partition coefficient (Wildman–Crippen LogP) is 2.36. The van der Waals surface area contributed by atoms with E-state index in [4.69, 9.17) is 4.74 Å². The number of nitrogens with zero attached hydrogens (tertiary/aromatic N) is 3. The molecule has 2 aliphatic carbocycles. The molecule has 1 N–H and O–H groups in total. The van der Waals surface area contributed by atoms with Crippen molar-refractivity contribution in [1.29, 1.82) is 0 Å². The topological polar surface area (TPSA) is 68.5 Å². The van der Waals surface area contributed by atoms with Crippen molar-refractivity contribution in [2.75, 3.05) is 6.61 Å². The van der Waals surface area contributed by atoms with Gasteiger partial charge in [-0.3, -0.25) is 4.79 Å². The van der Waals surface area contributed by atoms with Gasteiger partial charge in [0.1, 0.15) is 5.56 Å². The molecule has 4 atom stereocenters. The summed E-state index contributed by atoms with van der Waals surface area (Å²) in [6.07, 6.45) is 11.9. The molecule has 25 heavy (non-hydrogen) atoms. The van der Waals surface area contributed by atoms with Crippen molar-refractivity contribution in [3.8, 4) is 0 Å². The van der Waals surface area contributed by atoms with E-state index in [-0.39, 0.29) is 11.9 Å². The molecule has 2 aromatic rings. The molecule has 6 heteroatoms. The predicted molar refractivity (Wildman–Crippen MR) is 92.3 cm³/mol. The standard InChI is InChI=1S/C19H24N4O2/c1-11-8-20-18-14(9-21-23(18)10-11)19(24)22-16-13-6-7-25-17(13)15(16)12-4-2-3-5-12/h8-10,12-13,15-17H,2-7H2,1H3,(H,22,24)/t13-,15+,16+,17-/m0/s1. The van der Waals surface area contributed by atoms with E-state index in [9.17, 15) is 4.79 Å². The van der Waals surface area contributed by atoms with E-state index in [0.29, 0.717) is 35.1 Å². The number of carbonyl (C=O) groups is 1. The molecule has 5 rings (SSSR count). The number of rotatable bonds is 3. The monoisotopic (exact) mass is 340 g/mol. The Labute approximate surface area is 147 Å². The van der Waals surface area contributed by atoms with Crippen molar-refractivity contribution >= 4 is 11.6 Å². The lowest BCUT2D eigenvalue weighted by atomic mass is 9.61. The Morgan fingerprint density at radius 2 is 2.12 bits per heavy atom. The molecule has 0 bridgehead atoms. The number of ether oxygens (including phenoxy) is 1. The summed E-state index contributed by atoms with van der Waals surface area (Å²) >= 11 is 0. The van der Waals surface area contributed by atoms with Gasteiger partial charge in [-0.2, -0.15) is 5.10 Å². The van der Waals surface area contributed by atoms with Crippen LogP contribution in [0.1, 0.15) is 48.0 Å². The van der Waals surface area contributed by atoms with Gasteiger partial charge in [-0.1, -0.05) is 25.7 Å². The van der Waals surface area contributed by atoms with Gasteiger partial charge < -0.3 is 10.1 Å². The smallest absolute Gasteiger partial charge is 0.257 e. The Morgan fingerprint density at radius 3 is 2.96 bits per heavy atom. The van der Waals surface area contributed by atoms with Crippen molar-refractivity contribution in [2.24, 2.45) is 17.8 Å². The number of hydrogen-bond donors (Lipinski definition) is 1. The third-order valence-electron chi connectivity index (χ3n) is 6.41. The maximum Gasteiger partial charge on any atom is 0.257 e. The van der Waals surface area contributed by atoms with Gasteiger partial charge in [0.05, 0.1) is 12.3 Å². The number of amides is 1. The van der Waals surface area contributed by atoms with Crippen LogP contribution < -0.4 is 5.32 Å². The van der Waals surface area contributed by atoms with Gasteiger partial charge >= 0.3 is 0 Å². The molecule has 0 unspecified atom stereocenters. The molecule has 1 saturated heterocycles. The van der Waals surface area contributed by atoms with Crippen LogP contribution in [0.2, 0.25) is 0 Å². The molecule has 3 aliphatic rings. The summed E-state index contributed by atoms with van der Waals surface area (Å²) < 4.78 is 7.66. The SMILES string of the molecule is Cc1cnc2c(C(=O)N[C@@H]3[C@@H]4CCO[C@@H]4[C@@H]3C3CCCC3)cnn2c1. The number of nitrogens with one attached hydrogen (secondary N) is 1. The van der Waals surface area contributed by atoms with Crippen LogP contribution in [-0.4, -0.2) is 39.3 Å². The Bertz CT molecular complexity index is 806. The highest BCUT2D eigenvalue weighted by molar-refractivity contribution is 5.99. The third-order valence-corrected chi connectivity index (χ3v) is 6.41.